The van der Waals surface area contributed by atoms with Gasteiger partial charge in [0.05, 0.1) is 28.1 Å². The molecule has 0 aliphatic rings. The van der Waals surface area contributed by atoms with Gasteiger partial charge in [-0.15, -0.1) is 10.2 Å². The van der Waals surface area contributed by atoms with E-state index in [-0.39, 0.29) is 11.7 Å². The molecule has 0 aliphatic carbocycles. The van der Waals surface area contributed by atoms with Crippen LogP contribution in [0.25, 0.3) is 0 Å². The van der Waals surface area contributed by atoms with E-state index in [4.69, 9.17) is 55.6 Å². The number of hydrogen-bond acceptors (Lipinski definition) is 6. The summed E-state index contributed by atoms with van der Waals surface area (Å²) in [5, 5.41) is 12.8. The van der Waals surface area contributed by atoms with E-state index in [1.165, 1.54) is 0 Å². The van der Waals surface area contributed by atoms with Crippen LogP contribution in [0.1, 0.15) is 12.3 Å². The van der Waals surface area contributed by atoms with Gasteiger partial charge in [-0.25, -0.2) is 0 Å². The second-order valence-corrected chi connectivity index (χ2v) is 8.56. The first-order valence-corrected chi connectivity index (χ1v) is 11.2. The number of carbonyl (C=O) groups is 1. The highest BCUT2D eigenvalue weighted by Crippen LogP contribution is 2.28. The summed E-state index contributed by atoms with van der Waals surface area (Å²) in [6, 6.07) is 9.88. The van der Waals surface area contributed by atoms with E-state index in [0.717, 1.165) is 11.8 Å². The zero-order valence-corrected chi connectivity index (χ0v) is 19.2. The molecule has 0 radical (unpaired) electrons. The van der Waals surface area contributed by atoms with Gasteiger partial charge >= 0.3 is 0 Å². The lowest BCUT2D eigenvalue weighted by Crippen LogP contribution is -2.14. The van der Waals surface area contributed by atoms with Crippen molar-refractivity contribution in [2.45, 2.75) is 18.1 Å². The molecule has 11 heteroatoms. The number of ether oxygens (including phenoxy) is 1. The summed E-state index contributed by atoms with van der Waals surface area (Å²) in [4.78, 5) is 12.1. The average Bonchev–Trinajstić information content (AvgIpc) is 3.16. The first-order valence-electron chi connectivity index (χ1n) is 8.68. The molecule has 1 heterocycles. The predicted molar refractivity (Wildman–Crippen MR) is 120 cm³/mol. The zero-order valence-electron chi connectivity index (χ0n) is 15.3. The van der Waals surface area contributed by atoms with Crippen LogP contribution in [-0.2, 0) is 11.2 Å². The Morgan fingerprint density at radius 1 is 1.03 bits per heavy atom. The predicted octanol–water partition coefficient (Wildman–Crippen LogP) is 6.43. The molecule has 3 aromatic rings. The molecule has 2 aromatic carbocycles. The lowest BCUT2D eigenvalue weighted by Gasteiger charge is -2.07. The number of anilines is 1. The smallest absolute Gasteiger partial charge is 0.277 e. The van der Waals surface area contributed by atoms with Crippen molar-refractivity contribution in [2.24, 2.45) is 0 Å². The average molecular weight is 507 g/mol. The number of carbonyl (C=O) groups excluding carboxylic acids is 1. The van der Waals surface area contributed by atoms with Crippen molar-refractivity contribution >= 4 is 69.8 Å². The van der Waals surface area contributed by atoms with Gasteiger partial charge < -0.3 is 14.5 Å². The summed E-state index contributed by atoms with van der Waals surface area (Å²) in [6.45, 7) is 0.426. The minimum atomic E-state index is -0.267. The van der Waals surface area contributed by atoms with Gasteiger partial charge in [-0.2, -0.15) is 0 Å². The molecule has 6 nitrogen and oxygen atoms in total. The molecule has 0 unspecified atom stereocenters. The Morgan fingerprint density at radius 2 is 1.80 bits per heavy atom. The van der Waals surface area contributed by atoms with Crippen molar-refractivity contribution in [3.63, 3.8) is 0 Å². The second kappa shape index (κ2) is 11.1. The van der Waals surface area contributed by atoms with E-state index < -0.39 is 0 Å². The summed E-state index contributed by atoms with van der Waals surface area (Å²) >= 11 is 25.0. The van der Waals surface area contributed by atoms with E-state index in [2.05, 4.69) is 15.5 Å². The summed E-state index contributed by atoms with van der Waals surface area (Å²) in [5.41, 5.74) is 0.446. The van der Waals surface area contributed by atoms with Crippen LogP contribution in [0, 0.1) is 0 Å². The van der Waals surface area contributed by atoms with Crippen molar-refractivity contribution in [2.75, 3.05) is 17.7 Å². The Kier molecular flexibility index (Phi) is 8.53. The van der Waals surface area contributed by atoms with Crippen molar-refractivity contribution in [1.82, 2.24) is 10.2 Å². The van der Waals surface area contributed by atoms with Crippen LogP contribution < -0.4 is 10.1 Å². The highest BCUT2D eigenvalue weighted by Gasteiger charge is 2.12. The number of rotatable bonds is 9. The lowest BCUT2D eigenvalue weighted by molar-refractivity contribution is -0.113. The van der Waals surface area contributed by atoms with Gasteiger partial charge in [0.25, 0.3) is 5.22 Å². The van der Waals surface area contributed by atoms with Crippen LogP contribution in [0.3, 0.4) is 0 Å². The highest BCUT2D eigenvalue weighted by atomic mass is 35.5. The van der Waals surface area contributed by atoms with Crippen LogP contribution in [-0.4, -0.2) is 28.5 Å². The highest BCUT2D eigenvalue weighted by molar-refractivity contribution is 7.99. The fraction of sp³-hybridized carbons (Fsp3) is 0.211. The van der Waals surface area contributed by atoms with Crippen LogP contribution >= 0.6 is 58.2 Å². The van der Waals surface area contributed by atoms with Gasteiger partial charge in [0, 0.05) is 16.5 Å². The van der Waals surface area contributed by atoms with E-state index in [9.17, 15) is 4.79 Å². The number of aryl methyl sites for hydroxylation is 1. The summed E-state index contributed by atoms with van der Waals surface area (Å²) < 4.78 is 11.1. The second-order valence-electron chi connectivity index (χ2n) is 5.95. The van der Waals surface area contributed by atoms with E-state index in [1.54, 1.807) is 36.4 Å². The van der Waals surface area contributed by atoms with Gasteiger partial charge in [0.15, 0.2) is 0 Å². The summed E-state index contributed by atoms with van der Waals surface area (Å²) in [5.74, 6) is 0.843. The van der Waals surface area contributed by atoms with Gasteiger partial charge in [-0.3, -0.25) is 4.79 Å². The fourth-order valence-electron chi connectivity index (χ4n) is 2.30. The van der Waals surface area contributed by atoms with Crippen LogP contribution in [0.2, 0.25) is 20.1 Å². The maximum Gasteiger partial charge on any atom is 0.277 e. The van der Waals surface area contributed by atoms with Gasteiger partial charge in [0.2, 0.25) is 11.8 Å². The first-order chi connectivity index (χ1) is 14.4. The molecule has 1 N–H and O–H groups in total. The van der Waals surface area contributed by atoms with Crippen LogP contribution in [0.15, 0.2) is 46.0 Å². The van der Waals surface area contributed by atoms with Crippen molar-refractivity contribution in [3.05, 3.63) is 62.4 Å². The number of hydrogen-bond donors (Lipinski definition) is 1. The Labute approximate surface area is 197 Å². The number of aromatic nitrogens is 2. The minimum Gasteiger partial charge on any atom is -0.492 e. The van der Waals surface area contributed by atoms with Crippen LogP contribution in [0.5, 0.6) is 5.75 Å². The fourth-order valence-corrected chi connectivity index (χ4v) is 3.68. The molecule has 3 rings (SSSR count). The summed E-state index contributed by atoms with van der Waals surface area (Å²) in [7, 11) is 0. The molecular formula is C19H15Cl4N3O3S. The lowest BCUT2D eigenvalue weighted by atomic mass is 10.3. The molecule has 30 heavy (non-hydrogen) atoms. The third kappa shape index (κ3) is 6.96. The SMILES string of the molecule is O=C(CSc1nnc(CCCOc2ccc(Cl)cc2Cl)o1)Nc1cc(Cl)ccc1Cl. The first kappa shape index (κ1) is 23.0. The van der Waals surface area contributed by atoms with E-state index in [0.29, 0.717) is 62.1 Å². The standard InChI is InChI=1S/C19H15Cl4N3O3S/c20-11-4-6-16(14(23)8-11)28-7-1-2-18-25-26-19(29-18)30-10-17(27)24-15-9-12(21)3-5-13(15)22/h3-6,8-9H,1-2,7,10H2,(H,24,27). The van der Waals surface area contributed by atoms with Crippen molar-refractivity contribution < 1.29 is 13.9 Å². The third-order valence-electron chi connectivity index (χ3n) is 3.66. The Morgan fingerprint density at radius 3 is 2.60 bits per heavy atom. The molecule has 1 aromatic heterocycles. The number of halogens is 4. The van der Waals surface area contributed by atoms with Crippen molar-refractivity contribution in [1.29, 1.82) is 0 Å². The zero-order chi connectivity index (χ0) is 21.5. The molecule has 0 bridgehead atoms. The van der Waals surface area contributed by atoms with E-state index in [1.807, 2.05) is 0 Å². The quantitative estimate of drug-likeness (QED) is 0.266. The maximum atomic E-state index is 12.1. The normalized spacial score (nSPS) is 10.8. The van der Waals surface area contributed by atoms with Crippen LogP contribution in [0.4, 0.5) is 5.69 Å². The van der Waals surface area contributed by atoms with Gasteiger partial charge in [0.1, 0.15) is 5.75 Å². The number of thioether (sulfide) groups is 1. The monoisotopic (exact) mass is 505 g/mol. The molecule has 0 saturated heterocycles. The van der Waals surface area contributed by atoms with Gasteiger partial charge in [-0.05, 0) is 42.8 Å². The number of benzene rings is 2. The Bertz CT molecular complexity index is 1030. The molecule has 0 aliphatic heterocycles. The number of nitrogens with one attached hydrogen (secondary N) is 1. The maximum absolute atomic E-state index is 12.1. The molecule has 0 fully saturated rings. The number of nitrogens with zero attached hydrogens (tertiary/aromatic N) is 2. The Hall–Kier alpha value is -1.64. The van der Waals surface area contributed by atoms with Gasteiger partial charge in [-0.1, -0.05) is 58.2 Å². The Balaban J connectivity index is 1.40. The van der Waals surface area contributed by atoms with Crippen molar-refractivity contribution in [3.8, 4) is 5.75 Å². The minimum absolute atomic E-state index is 0.0860. The molecule has 0 atom stereocenters. The third-order valence-corrected chi connectivity index (χ3v) is 5.58. The largest absolute Gasteiger partial charge is 0.492 e. The molecule has 0 spiro atoms. The number of amides is 1. The molecule has 0 saturated carbocycles. The molecular weight excluding hydrogens is 492 g/mol. The molecule has 158 valence electrons. The summed E-state index contributed by atoms with van der Waals surface area (Å²) in [6.07, 6.45) is 1.18. The molecule has 1 amide bonds. The van der Waals surface area contributed by atoms with E-state index >= 15 is 0 Å². The topological polar surface area (TPSA) is 77.2 Å².